The average molecular weight is 432 g/mol. The molecule has 1 heterocycles. The number of nitrogens with one attached hydrogen (secondary N) is 2. The number of aryl methyl sites for hydroxylation is 1. The predicted octanol–water partition coefficient (Wildman–Crippen LogP) is 2.15. The number of carbonyl (C=O) groups excluding carboxylic acids is 3. The van der Waals surface area contributed by atoms with Crippen molar-refractivity contribution in [3.63, 3.8) is 0 Å². The number of ether oxygens (including phenoxy) is 1. The summed E-state index contributed by atoms with van der Waals surface area (Å²) in [5.74, 6) is 0.0941. The number of hydrogen-bond acceptors (Lipinski definition) is 4. The van der Waals surface area contributed by atoms with Crippen molar-refractivity contribution in [2.75, 3.05) is 33.4 Å². The van der Waals surface area contributed by atoms with E-state index in [1.165, 1.54) is 0 Å². The fraction of sp³-hybridized carbons (Fsp3) is 0.625. The fourth-order valence-corrected chi connectivity index (χ4v) is 3.92. The number of hydrogen-bond donors (Lipinski definition) is 2. The second kappa shape index (κ2) is 13.1. The summed E-state index contributed by atoms with van der Waals surface area (Å²) in [6.07, 6.45) is 3.00. The third-order valence-corrected chi connectivity index (χ3v) is 5.63. The number of nitrogens with zero attached hydrogens (tertiary/aromatic N) is 1. The molecule has 0 bridgehead atoms. The minimum Gasteiger partial charge on any atom is -0.383 e. The maximum Gasteiger partial charge on any atom is 0.242 e. The molecule has 31 heavy (non-hydrogen) atoms. The Morgan fingerprint density at radius 1 is 1.13 bits per heavy atom. The first-order chi connectivity index (χ1) is 14.9. The number of likely N-dealkylation sites (tertiary alicyclic amines) is 1. The zero-order valence-corrected chi connectivity index (χ0v) is 19.1. The predicted molar refractivity (Wildman–Crippen MR) is 120 cm³/mol. The molecule has 1 aromatic carbocycles. The SMILES string of the molecule is COCCNC(=O)C(NC(=O)CC(C)C)C1CCN(C(=O)CCc2ccccc2)CC1. The van der Waals surface area contributed by atoms with Gasteiger partial charge in [-0.05, 0) is 36.7 Å². The molecular formula is C24H37N3O4. The van der Waals surface area contributed by atoms with Gasteiger partial charge in [0.15, 0.2) is 0 Å². The van der Waals surface area contributed by atoms with Crippen LogP contribution in [0.15, 0.2) is 30.3 Å². The minimum absolute atomic E-state index is 0.0110. The monoisotopic (exact) mass is 431 g/mol. The number of piperidine rings is 1. The Morgan fingerprint density at radius 3 is 2.42 bits per heavy atom. The fourth-order valence-electron chi connectivity index (χ4n) is 3.92. The number of carbonyl (C=O) groups is 3. The van der Waals surface area contributed by atoms with E-state index in [0.29, 0.717) is 51.9 Å². The number of amides is 3. The molecule has 2 N–H and O–H groups in total. The Morgan fingerprint density at radius 2 is 1.81 bits per heavy atom. The van der Waals surface area contributed by atoms with Crippen LogP contribution in [0.1, 0.15) is 45.1 Å². The molecule has 0 spiro atoms. The van der Waals surface area contributed by atoms with Crippen LogP contribution in [0.25, 0.3) is 0 Å². The standard InChI is InChI=1S/C24H37N3O4/c1-18(2)17-21(28)26-23(24(30)25-13-16-31-3)20-11-14-27(15-12-20)22(29)10-9-19-7-5-4-6-8-19/h4-8,18,20,23H,9-17H2,1-3H3,(H,25,30)(H,26,28). The third kappa shape index (κ3) is 8.69. The first kappa shape index (κ1) is 24.9. The molecule has 172 valence electrons. The van der Waals surface area contributed by atoms with Crippen molar-refractivity contribution >= 4 is 17.7 Å². The lowest BCUT2D eigenvalue weighted by molar-refractivity contribution is -0.134. The van der Waals surface area contributed by atoms with Crippen LogP contribution in [0.4, 0.5) is 0 Å². The summed E-state index contributed by atoms with van der Waals surface area (Å²) in [5, 5.41) is 5.79. The van der Waals surface area contributed by atoms with Gasteiger partial charge in [-0.3, -0.25) is 14.4 Å². The van der Waals surface area contributed by atoms with Crippen molar-refractivity contribution in [1.29, 1.82) is 0 Å². The van der Waals surface area contributed by atoms with Crippen LogP contribution in [-0.2, 0) is 25.5 Å². The van der Waals surface area contributed by atoms with Crippen LogP contribution in [-0.4, -0.2) is 62.0 Å². The van der Waals surface area contributed by atoms with E-state index in [9.17, 15) is 14.4 Å². The molecule has 2 rings (SSSR count). The highest BCUT2D eigenvalue weighted by Crippen LogP contribution is 2.22. The van der Waals surface area contributed by atoms with Gasteiger partial charge in [-0.2, -0.15) is 0 Å². The van der Waals surface area contributed by atoms with Crippen LogP contribution in [0.3, 0.4) is 0 Å². The molecule has 1 unspecified atom stereocenters. The van der Waals surface area contributed by atoms with Gasteiger partial charge in [0, 0.05) is 39.6 Å². The highest BCUT2D eigenvalue weighted by molar-refractivity contribution is 5.88. The molecular weight excluding hydrogens is 394 g/mol. The van der Waals surface area contributed by atoms with Gasteiger partial charge in [0.05, 0.1) is 6.61 Å². The first-order valence-electron chi connectivity index (χ1n) is 11.3. The Labute approximate surface area is 185 Å². The van der Waals surface area contributed by atoms with Crippen molar-refractivity contribution in [3.8, 4) is 0 Å². The quantitative estimate of drug-likeness (QED) is 0.526. The highest BCUT2D eigenvalue weighted by Gasteiger charge is 2.33. The lowest BCUT2D eigenvalue weighted by atomic mass is 9.88. The molecule has 3 amide bonds. The maximum atomic E-state index is 12.8. The van der Waals surface area contributed by atoms with E-state index in [0.717, 1.165) is 12.0 Å². The second-order valence-corrected chi connectivity index (χ2v) is 8.63. The summed E-state index contributed by atoms with van der Waals surface area (Å²) in [5.41, 5.74) is 1.16. The van der Waals surface area contributed by atoms with Gasteiger partial charge >= 0.3 is 0 Å². The molecule has 0 aromatic heterocycles. The lowest BCUT2D eigenvalue weighted by Crippen LogP contribution is -2.54. The van der Waals surface area contributed by atoms with Gasteiger partial charge in [0.1, 0.15) is 6.04 Å². The second-order valence-electron chi connectivity index (χ2n) is 8.63. The van der Waals surface area contributed by atoms with Crippen LogP contribution in [0.5, 0.6) is 0 Å². The van der Waals surface area contributed by atoms with Gasteiger partial charge < -0.3 is 20.3 Å². The van der Waals surface area contributed by atoms with Crippen LogP contribution in [0, 0.1) is 11.8 Å². The summed E-state index contributed by atoms with van der Waals surface area (Å²) < 4.78 is 5.00. The Bertz CT molecular complexity index is 700. The molecule has 1 aliphatic rings. The highest BCUT2D eigenvalue weighted by atomic mass is 16.5. The summed E-state index contributed by atoms with van der Waals surface area (Å²) in [7, 11) is 1.58. The van der Waals surface area contributed by atoms with E-state index in [2.05, 4.69) is 10.6 Å². The van der Waals surface area contributed by atoms with Crippen LogP contribution < -0.4 is 10.6 Å². The van der Waals surface area contributed by atoms with Crippen molar-refractivity contribution < 1.29 is 19.1 Å². The summed E-state index contributed by atoms with van der Waals surface area (Å²) >= 11 is 0. The molecule has 0 saturated carbocycles. The smallest absolute Gasteiger partial charge is 0.242 e. The van der Waals surface area contributed by atoms with E-state index in [4.69, 9.17) is 4.74 Å². The summed E-state index contributed by atoms with van der Waals surface area (Å²) in [6.45, 7) is 6.01. The normalized spacial score (nSPS) is 15.5. The number of methoxy groups -OCH3 is 1. The molecule has 0 radical (unpaired) electrons. The molecule has 1 aromatic rings. The van der Waals surface area contributed by atoms with Gasteiger partial charge in [0.25, 0.3) is 0 Å². The van der Waals surface area contributed by atoms with Crippen LogP contribution >= 0.6 is 0 Å². The Balaban J connectivity index is 1.89. The Kier molecular flexibility index (Phi) is 10.5. The minimum atomic E-state index is -0.579. The summed E-state index contributed by atoms with van der Waals surface area (Å²) in [6, 6.07) is 9.42. The zero-order chi connectivity index (χ0) is 22.6. The van der Waals surface area contributed by atoms with E-state index in [-0.39, 0.29) is 29.6 Å². The maximum absolute atomic E-state index is 12.8. The number of benzene rings is 1. The molecule has 1 aliphatic heterocycles. The van der Waals surface area contributed by atoms with E-state index < -0.39 is 6.04 Å². The summed E-state index contributed by atoms with van der Waals surface area (Å²) in [4.78, 5) is 39.6. The average Bonchev–Trinajstić information content (AvgIpc) is 2.76. The van der Waals surface area contributed by atoms with Gasteiger partial charge in [0.2, 0.25) is 17.7 Å². The van der Waals surface area contributed by atoms with Gasteiger partial charge in [-0.25, -0.2) is 0 Å². The molecule has 0 aliphatic carbocycles. The van der Waals surface area contributed by atoms with Crippen molar-refractivity contribution in [2.24, 2.45) is 11.8 Å². The zero-order valence-electron chi connectivity index (χ0n) is 19.1. The number of rotatable bonds is 11. The van der Waals surface area contributed by atoms with E-state index in [1.54, 1.807) is 7.11 Å². The third-order valence-electron chi connectivity index (χ3n) is 5.63. The molecule has 1 atom stereocenters. The molecule has 7 nitrogen and oxygen atoms in total. The largest absolute Gasteiger partial charge is 0.383 e. The Hall–Kier alpha value is -2.41. The van der Waals surface area contributed by atoms with Crippen molar-refractivity contribution in [1.82, 2.24) is 15.5 Å². The van der Waals surface area contributed by atoms with Gasteiger partial charge in [-0.1, -0.05) is 44.2 Å². The van der Waals surface area contributed by atoms with Crippen molar-refractivity contribution in [2.45, 2.75) is 52.0 Å². The van der Waals surface area contributed by atoms with Gasteiger partial charge in [-0.15, -0.1) is 0 Å². The topological polar surface area (TPSA) is 87.7 Å². The van der Waals surface area contributed by atoms with Crippen molar-refractivity contribution in [3.05, 3.63) is 35.9 Å². The molecule has 1 fully saturated rings. The van der Waals surface area contributed by atoms with Crippen LogP contribution in [0.2, 0.25) is 0 Å². The van der Waals surface area contributed by atoms with E-state index >= 15 is 0 Å². The molecule has 7 heteroatoms. The van der Waals surface area contributed by atoms with E-state index in [1.807, 2.05) is 49.1 Å². The molecule has 1 saturated heterocycles. The first-order valence-corrected chi connectivity index (χ1v) is 11.3. The lowest BCUT2D eigenvalue weighted by Gasteiger charge is -2.36.